The zero-order chi connectivity index (χ0) is 19.6. The van der Waals surface area contributed by atoms with Gasteiger partial charge in [-0.05, 0) is 52.6 Å². The first-order valence-electron chi connectivity index (χ1n) is 9.91. The average molecular weight is 373 g/mol. The molecule has 0 atom stereocenters. The van der Waals surface area contributed by atoms with E-state index in [1.165, 1.54) is 32.7 Å². The maximum absolute atomic E-state index is 5.43. The molecule has 0 heterocycles. The summed E-state index contributed by atoms with van der Waals surface area (Å²) in [6.45, 7) is 6.99. The van der Waals surface area contributed by atoms with Gasteiger partial charge in [0, 0.05) is 13.2 Å². The largest absolute Gasteiger partial charge is 0.377 e. The van der Waals surface area contributed by atoms with Crippen molar-refractivity contribution in [2.75, 3.05) is 13.2 Å². The second-order valence-corrected chi connectivity index (χ2v) is 6.59. The van der Waals surface area contributed by atoms with E-state index in [-0.39, 0.29) is 0 Å². The quantitative estimate of drug-likeness (QED) is 0.372. The smallest absolute Gasteiger partial charge is 0.0722 e. The van der Waals surface area contributed by atoms with E-state index in [1.54, 1.807) is 0 Å². The summed E-state index contributed by atoms with van der Waals surface area (Å²) in [6.07, 6.45) is 0. The Morgan fingerprint density at radius 3 is 2.00 bits per heavy atom. The molecule has 0 aliphatic heterocycles. The fourth-order valence-electron chi connectivity index (χ4n) is 3.18. The molecule has 0 aromatic heterocycles. The second kappa shape index (κ2) is 10.6. The topological polar surface area (TPSA) is 18.5 Å². The molecule has 0 bridgehead atoms. The van der Waals surface area contributed by atoms with E-state index in [4.69, 9.17) is 9.47 Å². The van der Waals surface area contributed by atoms with Crippen LogP contribution in [-0.4, -0.2) is 13.2 Å². The molecule has 4 aromatic rings. The van der Waals surface area contributed by atoms with E-state index in [2.05, 4.69) is 84.9 Å². The number of ether oxygens (including phenoxy) is 2. The lowest BCUT2D eigenvalue weighted by molar-refractivity contribution is 0.134. The molecule has 0 N–H and O–H groups in total. The lowest BCUT2D eigenvalue weighted by Crippen LogP contribution is -1.92. The minimum atomic E-state index is 0.706. The average Bonchev–Trinajstić information content (AvgIpc) is 2.76. The molecular formula is C26H28O2. The number of hydrogen-bond acceptors (Lipinski definition) is 2. The number of fused-ring (bicyclic) bond motifs is 2. The van der Waals surface area contributed by atoms with Crippen molar-refractivity contribution < 1.29 is 9.47 Å². The van der Waals surface area contributed by atoms with Crippen molar-refractivity contribution in [3.8, 4) is 0 Å². The first-order chi connectivity index (χ1) is 13.8. The van der Waals surface area contributed by atoms with Crippen LogP contribution in [0, 0.1) is 0 Å². The van der Waals surface area contributed by atoms with Crippen LogP contribution in [0.25, 0.3) is 21.5 Å². The Bertz CT molecular complexity index is 995. The van der Waals surface area contributed by atoms with Gasteiger partial charge in [-0.15, -0.1) is 0 Å². The van der Waals surface area contributed by atoms with E-state index >= 15 is 0 Å². The molecule has 0 aliphatic carbocycles. The number of benzene rings is 4. The van der Waals surface area contributed by atoms with Crippen LogP contribution in [-0.2, 0) is 22.7 Å². The predicted octanol–water partition coefficient (Wildman–Crippen LogP) is 6.75. The molecule has 0 spiro atoms. The van der Waals surface area contributed by atoms with Crippen molar-refractivity contribution in [1.29, 1.82) is 0 Å². The van der Waals surface area contributed by atoms with E-state index in [9.17, 15) is 0 Å². The van der Waals surface area contributed by atoms with Crippen molar-refractivity contribution in [2.24, 2.45) is 0 Å². The molecule has 4 rings (SSSR count). The lowest BCUT2D eigenvalue weighted by Gasteiger charge is -2.05. The van der Waals surface area contributed by atoms with Crippen LogP contribution in [0.2, 0.25) is 0 Å². The van der Waals surface area contributed by atoms with Gasteiger partial charge in [-0.3, -0.25) is 0 Å². The molecule has 0 radical (unpaired) electrons. The summed E-state index contributed by atoms with van der Waals surface area (Å²) in [5.41, 5.74) is 2.51. The summed E-state index contributed by atoms with van der Waals surface area (Å²) in [5, 5.41) is 5.14. The third kappa shape index (κ3) is 5.41. The Morgan fingerprint density at radius 2 is 1.21 bits per heavy atom. The fraction of sp³-hybridized carbons (Fsp3) is 0.231. The molecule has 4 aromatic carbocycles. The van der Waals surface area contributed by atoms with Crippen LogP contribution in [0.15, 0.2) is 84.9 Å². The Labute approximate surface area is 167 Å². The Morgan fingerprint density at radius 1 is 0.571 bits per heavy atom. The van der Waals surface area contributed by atoms with Gasteiger partial charge in [0.1, 0.15) is 0 Å². The molecule has 2 heteroatoms. The lowest BCUT2D eigenvalue weighted by atomic mass is 10.1. The minimum Gasteiger partial charge on any atom is -0.377 e. The van der Waals surface area contributed by atoms with Crippen molar-refractivity contribution in [1.82, 2.24) is 0 Å². The predicted molar refractivity (Wildman–Crippen MR) is 119 cm³/mol. The molecular weight excluding hydrogens is 344 g/mol. The minimum absolute atomic E-state index is 0.706. The van der Waals surface area contributed by atoms with Gasteiger partial charge < -0.3 is 9.47 Å². The van der Waals surface area contributed by atoms with Crippen LogP contribution in [0.1, 0.15) is 25.0 Å². The van der Waals surface area contributed by atoms with Gasteiger partial charge in [0.25, 0.3) is 0 Å². The van der Waals surface area contributed by atoms with Crippen LogP contribution in [0.5, 0.6) is 0 Å². The van der Waals surface area contributed by atoms with Crippen LogP contribution in [0.4, 0.5) is 0 Å². The Balaban J connectivity index is 0.000000161. The Hall–Kier alpha value is -2.68. The zero-order valence-electron chi connectivity index (χ0n) is 16.7. The van der Waals surface area contributed by atoms with Gasteiger partial charge >= 0.3 is 0 Å². The molecule has 0 saturated heterocycles. The van der Waals surface area contributed by atoms with Crippen LogP contribution >= 0.6 is 0 Å². The highest BCUT2D eigenvalue weighted by Crippen LogP contribution is 2.19. The monoisotopic (exact) mass is 372 g/mol. The van der Waals surface area contributed by atoms with E-state index in [1.807, 2.05) is 13.8 Å². The van der Waals surface area contributed by atoms with E-state index in [0.29, 0.717) is 13.2 Å². The first-order valence-corrected chi connectivity index (χ1v) is 9.91. The van der Waals surface area contributed by atoms with E-state index < -0.39 is 0 Å². The molecule has 28 heavy (non-hydrogen) atoms. The summed E-state index contributed by atoms with van der Waals surface area (Å²) in [7, 11) is 0. The third-order valence-corrected chi connectivity index (χ3v) is 4.63. The highest BCUT2D eigenvalue weighted by molar-refractivity contribution is 5.85. The standard InChI is InChI=1S/2C13H14O/c1-2-14-10-12-8-5-7-11-6-3-4-9-13(11)12;1-2-14-10-11-7-8-12-5-3-4-6-13(12)9-11/h2*3-9H,2,10H2,1H3. The number of hydrogen-bond donors (Lipinski definition) is 0. The van der Waals surface area contributed by atoms with Gasteiger partial charge in [0.2, 0.25) is 0 Å². The summed E-state index contributed by atoms with van der Waals surface area (Å²) in [5.74, 6) is 0. The van der Waals surface area contributed by atoms with Gasteiger partial charge in [0.15, 0.2) is 0 Å². The summed E-state index contributed by atoms with van der Waals surface area (Å²) in [4.78, 5) is 0. The molecule has 2 nitrogen and oxygen atoms in total. The SMILES string of the molecule is CCOCc1ccc2ccccc2c1.CCOCc1cccc2ccccc12. The maximum atomic E-state index is 5.43. The van der Waals surface area contributed by atoms with Gasteiger partial charge in [0.05, 0.1) is 13.2 Å². The van der Waals surface area contributed by atoms with Crippen molar-refractivity contribution in [2.45, 2.75) is 27.1 Å². The maximum Gasteiger partial charge on any atom is 0.0722 e. The van der Waals surface area contributed by atoms with Crippen molar-refractivity contribution in [3.05, 3.63) is 96.1 Å². The fourth-order valence-corrected chi connectivity index (χ4v) is 3.18. The van der Waals surface area contributed by atoms with Crippen LogP contribution < -0.4 is 0 Å². The van der Waals surface area contributed by atoms with E-state index in [0.717, 1.165) is 13.2 Å². The highest BCUT2D eigenvalue weighted by atomic mass is 16.5. The summed E-state index contributed by atoms with van der Waals surface area (Å²) in [6, 6.07) is 29.6. The summed E-state index contributed by atoms with van der Waals surface area (Å²) < 4.78 is 10.8. The normalized spacial score (nSPS) is 10.6. The highest BCUT2D eigenvalue weighted by Gasteiger charge is 1.99. The second-order valence-electron chi connectivity index (χ2n) is 6.59. The zero-order valence-corrected chi connectivity index (χ0v) is 16.7. The van der Waals surface area contributed by atoms with Crippen LogP contribution in [0.3, 0.4) is 0 Å². The molecule has 0 aliphatic rings. The number of rotatable bonds is 6. The molecule has 0 unspecified atom stereocenters. The molecule has 0 amide bonds. The van der Waals surface area contributed by atoms with Gasteiger partial charge in [-0.25, -0.2) is 0 Å². The molecule has 0 fully saturated rings. The summed E-state index contributed by atoms with van der Waals surface area (Å²) >= 11 is 0. The molecule has 144 valence electrons. The Kier molecular flexibility index (Phi) is 7.60. The van der Waals surface area contributed by atoms with Crippen molar-refractivity contribution >= 4 is 21.5 Å². The third-order valence-electron chi connectivity index (χ3n) is 4.63. The first kappa shape index (κ1) is 20.1. The van der Waals surface area contributed by atoms with Gasteiger partial charge in [-0.2, -0.15) is 0 Å². The molecule has 0 saturated carbocycles. The van der Waals surface area contributed by atoms with Gasteiger partial charge in [-0.1, -0.05) is 78.9 Å². The van der Waals surface area contributed by atoms with Crippen molar-refractivity contribution in [3.63, 3.8) is 0 Å².